The molecule has 2 heteroatoms. The molecule has 1 nitrogen and oxygen atoms in total. The molecule has 0 amide bonds. The Kier molecular flexibility index (Phi) is 2.77. The Morgan fingerprint density at radius 2 is 1.27 bits per heavy atom. The maximum atomic E-state index is 9.16. The molecule has 0 saturated heterocycles. The minimum Gasteiger partial charge on any atom is -0.508 e. The van der Waals surface area contributed by atoms with Gasteiger partial charge in [-0.25, -0.2) is 0 Å². The highest BCUT2D eigenvalue weighted by molar-refractivity contribution is 6.32. The van der Waals surface area contributed by atoms with Crippen LogP contribution in [-0.2, 0) is 6.42 Å². The summed E-state index contributed by atoms with van der Waals surface area (Å²) in [5.74, 6) is 0.322. The summed E-state index contributed by atoms with van der Waals surface area (Å²) in [5, 5.41) is 9.16. The van der Waals surface area contributed by atoms with E-state index < -0.39 is 0 Å². The van der Waals surface area contributed by atoms with Crippen molar-refractivity contribution < 1.29 is 5.11 Å². The topological polar surface area (TPSA) is 20.2 Å². The maximum Gasteiger partial charge on any atom is 0.139 e. The average Bonchev–Trinajstić information content (AvgIpc) is 2.25. The number of phenolic OH excluding ortho intramolecular Hbond substituents is 1. The Hall–Kier alpha value is -1.70. The first-order valence-corrected chi connectivity index (χ1v) is 5.07. The summed E-state index contributed by atoms with van der Waals surface area (Å²) in [6, 6.07) is 15.9. The molecular weight excluding hydrogens is 183 g/mol. The van der Waals surface area contributed by atoms with Crippen molar-refractivity contribution in [2.45, 2.75) is 6.42 Å². The van der Waals surface area contributed by atoms with Gasteiger partial charge < -0.3 is 5.11 Å². The molecule has 74 valence electrons. The molecule has 0 bridgehead atoms. The zero-order valence-electron chi connectivity index (χ0n) is 8.77. The van der Waals surface area contributed by atoms with Gasteiger partial charge in [-0.3, -0.25) is 0 Å². The first-order chi connectivity index (χ1) is 7.24. The van der Waals surface area contributed by atoms with Gasteiger partial charge in [0.15, 0.2) is 0 Å². The third-order valence-electron chi connectivity index (χ3n) is 2.47. The standard InChI is InChI=1S/C13H13BO/c14-12-5-1-10(2-6-12)9-11-3-7-13(15)8-4-11/h1-8,15H,9,14H2. The van der Waals surface area contributed by atoms with Crippen LogP contribution in [0, 0.1) is 0 Å². The lowest BCUT2D eigenvalue weighted by Crippen LogP contribution is -2.00. The van der Waals surface area contributed by atoms with Crippen molar-refractivity contribution >= 4 is 13.3 Å². The van der Waals surface area contributed by atoms with E-state index in [0.717, 1.165) is 6.42 Å². The fourth-order valence-electron chi connectivity index (χ4n) is 1.56. The van der Waals surface area contributed by atoms with Gasteiger partial charge in [0.1, 0.15) is 13.6 Å². The number of phenols is 1. The second-order valence-corrected chi connectivity index (χ2v) is 3.83. The molecular formula is C13H13BO. The highest BCUT2D eigenvalue weighted by atomic mass is 16.3. The number of rotatable bonds is 2. The van der Waals surface area contributed by atoms with Gasteiger partial charge in [0.25, 0.3) is 0 Å². The van der Waals surface area contributed by atoms with E-state index in [2.05, 4.69) is 32.1 Å². The van der Waals surface area contributed by atoms with Crippen LogP contribution in [0.25, 0.3) is 0 Å². The average molecular weight is 196 g/mol. The molecule has 0 atom stereocenters. The number of aromatic hydroxyl groups is 1. The highest BCUT2D eigenvalue weighted by Crippen LogP contribution is 2.13. The molecule has 0 unspecified atom stereocenters. The summed E-state index contributed by atoms with van der Waals surface area (Å²) < 4.78 is 0. The maximum absolute atomic E-state index is 9.16. The van der Waals surface area contributed by atoms with Crippen LogP contribution in [0.5, 0.6) is 5.75 Å². The van der Waals surface area contributed by atoms with E-state index in [0.29, 0.717) is 5.75 Å². The van der Waals surface area contributed by atoms with Crippen LogP contribution in [0.4, 0.5) is 0 Å². The van der Waals surface area contributed by atoms with Crippen molar-refractivity contribution in [1.82, 2.24) is 0 Å². The summed E-state index contributed by atoms with van der Waals surface area (Å²) >= 11 is 0. The van der Waals surface area contributed by atoms with Gasteiger partial charge in [-0.05, 0) is 29.7 Å². The lowest BCUT2D eigenvalue weighted by molar-refractivity contribution is 0.475. The first kappa shape index (κ1) is 9.84. The molecule has 2 rings (SSSR count). The Labute approximate surface area is 90.8 Å². The molecule has 0 aliphatic carbocycles. The minimum atomic E-state index is 0.322. The van der Waals surface area contributed by atoms with Crippen molar-refractivity contribution in [1.29, 1.82) is 0 Å². The summed E-state index contributed by atoms with van der Waals surface area (Å²) in [7, 11) is 2.09. The van der Waals surface area contributed by atoms with Gasteiger partial charge in [-0.1, -0.05) is 41.9 Å². The van der Waals surface area contributed by atoms with E-state index in [1.807, 2.05) is 12.1 Å². The van der Waals surface area contributed by atoms with Gasteiger partial charge in [0.05, 0.1) is 0 Å². The monoisotopic (exact) mass is 196 g/mol. The highest BCUT2D eigenvalue weighted by Gasteiger charge is 1.96. The van der Waals surface area contributed by atoms with Crippen LogP contribution >= 0.6 is 0 Å². The quantitative estimate of drug-likeness (QED) is 0.716. The molecule has 15 heavy (non-hydrogen) atoms. The number of hydrogen-bond acceptors (Lipinski definition) is 1. The molecule has 0 heterocycles. The predicted molar refractivity (Wildman–Crippen MR) is 65.5 cm³/mol. The molecule has 2 aromatic carbocycles. The molecule has 0 spiro atoms. The fraction of sp³-hybridized carbons (Fsp3) is 0.0769. The van der Waals surface area contributed by atoms with Crippen molar-refractivity contribution in [3.8, 4) is 5.75 Å². The largest absolute Gasteiger partial charge is 0.508 e. The third kappa shape index (κ3) is 2.63. The van der Waals surface area contributed by atoms with Gasteiger partial charge in [-0.15, -0.1) is 0 Å². The van der Waals surface area contributed by atoms with E-state index in [4.69, 9.17) is 5.11 Å². The molecule has 0 saturated carbocycles. The van der Waals surface area contributed by atoms with Crippen molar-refractivity contribution in [3.05, 3.63) is 59.7 Å². The minimum absolute atomic E-state index is 0.322. The Morgan fingerprint density at radius 3 is 1.80 bits per heavy atom. The Morgan fingerprint density at radius 1 is 0.800 bits per heavy atom. The molecule has 0 aliphatic rings. The fourth-order valence-corrected chi connectivity index (χ4v) is 1.56. The smallest absolute Gasteiger partial charge is 0.139 e. The SMILES string of the molecule is Bc1ccc(Cc2ccc(O)cc2)cc1. The molecule has 0 radical (unpaired) electrons. The van der Waals surface area contributed by atoms with Crippen LogP contribution in [0.3, 0.4) is 0 Å². The van der Waals surface area contributed by atoms with E-state index in [9.17, 15) is 0 Å². The second kappa shape index (κ2) is 4.22. The number of benzene rings is 2. The molecule has 0 fully saturated rings. The summed E-state index contributed by atoms with van der Waals surface area (Å²) in [5.41, 5.74) is 3.80. The lowest BCUT2D eigenvalue weighted by Gasteiger charge is -2.02. The van der Waals surface area contributed by atoms with Crippen molar-refractivity contribution in [3.63, 3.8) is 0 Å². The lowest BCUT2D eigenvalue weighted by atomic mass is 9.94. The van der Waals surface area contributed by atoms with Crippen LogP contribution < -0.4 is 5.46 Å². The first-order valence-electron chi connectivity index (χ1n) is 5.07. The predicted octanol–water partition coefficient (Wildman–Crippen LogP) is 1.24. The van der Waals surface area contributed by atoms with Crippen LogP contribution in [0.15, 0.2) is 48.5 Å². The zero-order valence-corrected chi connectivity index (χ0v) is 8.77. The van der Waals surface area contributed by atoms with Crippen LogP contribution in [0.2, 0.25) is 0 Å². The van der Waals surface area contributed by atoms with E-state index in [1.165, 1.54) is 16.6 Å². The van der Waals surface area contributed by atoms with E-state index in [1.54, 1.807) is 12.1 Å². The number of hydrogen-bond donors (Lipinski definition) is 1. The summed E-state index contributed by atoms with van der Waals surface area (Å²) in [4.78, 5) is 0. The Bertz CT molecular complexity index is 388. The van der Waals surface area contributed by atoms with Crippen LogP contribution in [0.1, 0.15) is 11.1 Å². The van der Waals surface area contributed by atoms with E-state index >= 15 is 0 Å². The molecule has 1 N–H and O–H groups in total. The van der Waals surface area contributed by atoms with Crippen molar-refractivity contribution in [2.24, 2.45) is 0 Å². The van der Waals surface area contributed by atoms with Crippen LogP contribution in [-0.4, -0.2) is 13.0 Å². The summed E-state index contributed by atoms with van der Waals surface area (Å²) in [6.45, 7) is 0. The van der Waals surface area contributed by atoms with Gasteiger partial charge >= 0.3 is 0 Å². The van der Waals surface area contributed by atoms with E-state index in [-0.39, 0.29) is 0 Å². The second-order valence-electron chi connectivity index (χ2n) is 3.83. The Balaban J connectivity index is 2.15. The van der Waals surface area contributed by atoms with Gasteiger partial charge in [0.2, 0.25) is 0 Å². The summed E-state index contributed by atoms with van der Waals surface area (Å²) in [6.07, 6.45) is 0.917. The molecule has 0 aromatic heterocycles. The molecule has 0 aliphatic heterocycles. The third-order valence-corrected chi connectivity index (χ3v) is 2.47. The van der Waals surface area contributed by atoms with Gasteiger partial charge in [0, 0.05) is 0 Å². The normalized spacial score (nSPS) is 10.1. The van der Waals surface area contributed by atoms with Gasteiger partial charge in [-0.2, -0.15) is 0 Å². The molecule has 2 aromatic rings. The van der Waals surface area contributed by atoms with Crippen molar-refractivity contribution in [2.75, 3.05) is 0 Å². The zero-order chi connectivity index (χ0) is 10.7.